The normalized spacial score (nSPS) is 19.4. The number of benzene rings is 1. The van der Waals surface area contributed by atoms with Crippen LogP contribution in [0.3, 0.4) is 0 Å². The smallest absolute Gasteiger partial charge is 0.248 e. The number of carbonyl (C=O) groups is 3. The molecule has 1 aliphatic heterocycles. The van der Waals surface area contributed by atoms with Crippen molar-refractivity contribution >= 4 is 40.0 Å². The zero-order valence-corrected chi connectivity index (χ0v) is 22.4. The minimum atomic E-state index is -0.607. The number of ketones is 1. The van der Waals surface area contributed by atoms with Crippen molar-refractivity contribution in [2.24, 2.45) is 5.92 Å². The number of methoxy groups -OCH3 is 1. The summed E-state index contributed by atoms with van der Waals surface area (Å²) >= 11 is 0. The number of nitrogens with zero attached hydrogens (tertiary/aromatic N) is 7. The van der Waals surface area contributed by atoms with Crippen LogP contribution in [-0.2, 0) is 16.1 Å². The molecule has 2 fully saturated rings. The summed E-state index contributed by atoms with van der Waals surface area (Å²) in [5.74, 6) is 0.352. The number of amides is 2. The average molecular weight is 551 g/mol. The van der Waals surface area contributed by atoms with Crippen LogP contribution in [0.1, 0.15) is 30.3 Å². The number of aromatic nitrogens is 6. The molecule has 0 spiro atoms. The summed E-state index contributed by atoms with van der Waals surface area (Å²) in [5, 5.41) is 12.3. The summed E-state index contributed by atoms with van der Waals surface area (Å²) in [7, 11) is 1.51. The Labute approximate surface area is 233 Å². The second kappa shape index (κ2) is 9.51. The van der Waals surface area contributed by atoms with Gasteiger partial charge in [-0.1, -0.05) is 12.1 Å². The molecular formula is C29H26N8O4. The molecule has 2 aliphatic rings. The van der Waals surface area contributed by atoms with E-state index >= 15 is 0 Å². The maximum absolute atomic E-state index is 13.7. The molecule has 4 aromatic heterocycles. The van der Waals surface area contributed by atoms with Gasteiger partial charge >= 0.3 is 0 Å². The van der Waals surface area contributed by atoms with Crippen LogP contribution in [-0.4, -0.2) is 71.1 Å². The Hall–Kier alpha value is -5.13. The first kappa shape index (κ1) is 24.9. The molecule has 1 aliphatic carbocycles. The standard InChI is InChI=1S/C29H26N8O4/c1-16(38)28-20-10-17(19-13-30-25-8-9-31-36(25)14-19)6-7-21(20)35(34-28)15-27(39)37-22-11-18(22)12-23(37)29(40)33-24-4-3-5-26(32-24)41-2/h3-10,13-14,18,22-23H,11-12,15H2,1-2H3,(H,32,33,40)/t18-,22-,23+/m1/s1. The Kier molecular flexibility index (Phi) is 5.77. The molecule has 5 heterocycles. The summed E-state index contributed by atoms with van der Waals surface area (Å²) in [6.07, 6.45) is 6.78. The molecule has 0 radical (unpaired) electrons. The number of piperidine rings is 1. The highest BCUT2D eigenvalue weighted by Gasteiger charge is 2.56. The minimum absolute atomic E-state index is 0.0296. The molecule has 0 bridgehead atoms. The van der Waals surface area contributed by atoms with E-state index in [1.165, 1.54) is 14.0 Å². The molecule has 7 rings (SSSR count). The first-order valence-corrected chi connectivity index (χ1v) is 13.3. The SMILES string of the molecule is COc1cccc(NC(=O)[C@@H]2C[C@H]3C[C@H]3N2C(=O)Cn2nc(C(C)=O)c3cc(-c4cnc5ccnn5c4)ccc32)n1. The highest BCUT2D eigenvalue weighted by atomic mass is 16.5. The van der Waals surface area contributed by atoms with Crippen molar-refractivity contribution in [3.8, 4) is 17.0 Å². The van der Waals surface area contributed by atoms with Gasteiger partial charge in [0.25, 0.3) is 0 Å². The van der Waals surface area contributed by atoms with Crippen LogP contribution in [0.15, 0.2) is 61.1 Å². The molecule has 3 atom stereocenters. The van der Waals surface area contributed by atoms with E-state index in [0.29, 0.717) is 34.9 Å². The zero-order valence-electron chi connectivity index (χ0n) is 22.4. The number of carbonyl (C=O) groups excluding carboxylic acids is 3. The molecule has 2 amide bonds. The largest absolute Gasteiger partial charge is 0.481 e. The van der Waals surface area contributed by atoms with E-state index < -0.39 is 6.04 Å². The van der Waals surface area contributed by atoms with Gasteiger partial charge in [-0.2, -0.15) is 15.2 Å². The highest BCUT2D eigenvalue weighted by Crippen LogP contribution is 2.48. The number of rotatable bonds is 7. The van der Waals surface area contributed by atoms with E-state index in [-0.39, 0.29) is 35.9 Å². The highest BCUT2D eigenvalue weighted by molar-refractivity contribution is 6.06. The molecule has 1 saturated heterocycles. The summed E-state index contributed by atoms with van der Waals surface area (Å²) in [4.78, 5) is 49.8. The lowest BCUT2D eigenvalue weighted by Gasteiger charge is -2.26. The monoisotopic (exact) mass is 550 g/mol. The topological polar surface area (TPSA) is 137 Å². The van der Waals surface area contributed by atoms with Gasteiger partial charge in [-0.05, 0) is 42.5 Å². The number of likely N-dealkylation sites (tertiary alicyclic amines) is 1. The van der Waals surface area contributed by atoms with Gasteiger partial charge in [-0.25, -0.2) is 9.50 Å². The van der Waals surface area contributed by atoms with Gasteiger partial charge < -0.3 is 15.0 Å². The van der Waals surface area contributed by atoms with E-state index in [2.05, 4.69) is 25.5 Å². The lowest BCUT2D eigenvalue weighted by Crippen LogP contribution is -2.46. The van der Waals surface area contributed by atoms with Gasteiger partial charge in [-0.15, -0.1) is 0 Å². The number of hydrogen-bond donors (Lipinski definition) is 1. The molecule has 1 N–H and O–H groups in total. The number of hydrogen-bond acceptors (Lipinski definition) is 8. The predicted octanol–water partition coefficient (Wildman–Crippen LogP) is 2.98. The van der Waals surface area contributed by atoms with Gasteiger partial charge in [0.05, 0.1) is 18.8 Å². The second-order valence-corrected chi connectivity index (χ2v) is 10.4. The lowest BCUT2D eigenvalue weighted by atomic mass is 10.0. The van der Waals surface area contributed by atoms with Crippen LogP contribution in [0, 0.1) is 5.92 Å². The van der Waals surface area contributed by atoms with Crippen molar-refractivity contribution in [1.29, 1.82) is 0 Å². The average Bonchev–Trinajstić information content (AvgIpc) is 3.29. The number of fused-ring (bicyclic) bond motifs is 3. The predicted molar refractivity (Wildman–Crippen MR) is 148 cm³/mol. The summed E-state index contributed by atoms with van der Waals surface area (Å²) in [6.45, 7) is 1.37. The van der Waals surface area contributed by atoms with E-state index in [1.54, 1.807) is 44.7 Å². The molecule has 0 unspecified atom stereocenters. The van der Waals surface area contributed by atoms with Gasteiger partial charge in [0.15, 0.2) is 11.4 Å². The molecule has 41 heavy (non-hydrogen) atoms. The maximum atomic E-state index is 13.7. The fourth-order valence-electron chi connectivity index (χ4n) is 5.76. The van der Waals surface area contributed by atoms with Crippen molar-refractivity contribution in [2.45, 2.75) is 38.4 Å². The Morgan fingerprint density at radius 2 is 1.98 bits per heavy atom. The van der Waals surface area contributed by atoms with Gasteiger partial charge in [-0.3, -0.25) is 19.1 Å². The van der Waals surface area contributed by atoms with Gasteiger partial charge in [0, 0.05) is 48.4 Å². The second-order valence-electron chi connectivity index (χ2n) is 10.4. The van der Waals surface area contributed by atoms with Crippen molar-refractivity contribution in [2.75, 3.05) is 12.4 Å². The Morgan fingerprint density at radius 3 is 2.80 bits per heavy atom. The van der Waals surface area contributed by atoms with E-state index in [0.717, 1.165) is 23.2 Å². The third-order valence-corrected chi connectivity index (χ3v) is 7.83. The number of ether oxygens (including phenoxy) is 1. The van der Waals surface area contributed by atoms with Crippen LogP contribution in [0.2, 0.25) is 0 Å². The molecule has 206 valence electrons. The van der Waals surface area contributed by atoms with Gasteiger partial charge in [0.2, 0.25) is 17.7 Å². The van der Waals surface area contributed by atoms with E-state index in [1.807, 2.05) is 30.5 Å². The zero-order chi connectivity index (χ0) is 28.2. The third kappa shape index (κ3) is 4.37. The summed E-state index contributed by atoms with van der Waals surface area (Å²) < 4.78 is 8.39. The van der Waals surface area contributed by atoms with Crippen molar-refractivity contribution in [1.82, 2.24) is 34.3 Å². The van der Waals surface area contributed by atoms with E-state index in [9.17, 15) is 14.4 Å². The summed E-state index contributed by atoms with van der Waals surface area (Å²) in [6, 6.07) is 12.0. The van der Waals surface area contributed by atoms with E-state index in [4.69, 9.17) is 4.74 Å². The Balaban J connectivity index is 1.16. The Morgan fingerprint density at radius 1 is 1.10 bits per heavy atom. The van der Waals surface area contributed by atoms with Crippen LogP contribution in [0.4, 0.5) is 5.82 Å². The van der Waals surface area contributed by atoms with Crippen LogP contribution in [0.5, 0.6) is 5.88 Å². The minimum Gasteiger partial charge on any atom is -0.481 e. The summed E-state index contributed by atoms with van der Waals surface area (Å²) in [5.41, 5.74) is 3.36. The van der Waals surface area contributed by atoms with Crippen molar-refractivity contribution < 1.29 is 19.1 Å². The molecular weight excluding hydrogens is 524 g/mol. The van der Waals surface area contributed by atoms with Gasteiger partial charge in [0.1, 0.15) is 24.1 Å². The molecule has 12 nitrogen and oxygen atoms in total. The Bertz CT molecular complexity index is 1860. The van der Waals surface area contributed by atoms with Crippen molar-refractivity contribution in [3.63, 3.8) is 0 Å². The van der Waals surface area contributed by atoms with Crippen LogP contribution in [0.25, 0.3) is 27.7 Å². The number of anilines is 1. The number of Topliss-reactive ketones (excluding diaryl/α,β-unsaturated/α-hetero) is 1. The fraction of sp³-hybridized carbons (Fsp3) is 0.276. The lowest BCUT2D eigenvalue weighted by molar-refractivity contribution is -0.138. The molecule has 5 aromatic rings. The molecule has 1 aromatic carbocycles. The number of pyridine rings is 1. The third-order valence-electron chi connectivity index (χ3n) is 7.83. The molecule has 12 heteroatoms. The van der Waals surface area contributed by atoms with Crippen molar-refractivity contribution in [3.05, 3.63) is 66.7 Å². The molecule has 1 saturated carbocycles. The number of nitrogens with one attached hydrogen (secondary N) is 1. The maximum Gasteiger partial charge on any atom is 0.248 e. The first-order chi connectivity index (χ1) is 19.9. The van der Waals surface area contributed by atoms with Crippen LogP contribution < -0.4 is 10.1 Å². The fourth-order valence-corrected chi connectivity index (χ4v) is 5.76. The van der Waals surface area contributed by atoms with Crippen LogP contribution >= 0.6 is 0 Å². The quantitative estimate of drug-likeness (QED) is 0.306. The first-order valence-electron chi connectivity index (χ1n) is 13.3.